The van der Waals surface area contributed by atoms with E-state index >= 15 is 0 Å². The zero-order chi connectivity index (χ0) is 23.5. The zero-order valence-corrected chi connectivity index (χ0v) is 22.8. The van der Waals surface area contributed by atoms with E-state index in [0.29, 0.717) is 12.5 Å². The van der Waals surface area contributed by atoms with Gasteiger partial charge in [-0.15, -0.1) is 0 Å². The molecule has 0 N–H and O–H groups in total. The second kappa shape index (κ2) is 27.2. The van der Waals surface area contributed by atoms with Crippen LogP contribution in [0.15, 0.2) is 0 Å². The number of nitrogens with zero attached hydrogens (tertiary/aromatic N) is 1. The molecule has 1 unspecified atom stereocenters. The molecule has 0 aromatic rings. The minimum atomic E-state index is 0.629. The fraction of sp³-hybridized carbons (Fsp3) is 1.00. The SMILES string of the molecule is CCCCCCCCCCCCCCC(CCCCCCCCCCCC)CN([O-])CC. The highest BCUT2D eigenvalue weighted by molar-refractivity contribution is 4.67. The van der Waals surface area contributed by atoms with Crippen LogP contribution in [0.4, 0.5) is 0 Å². The van der Waals surface area contributed by atoms with Gasteiger partial charge in [-0.1, -0.05) is 162 Å². The lowest BCUT2D eigenvalue weighted by atomic mass is 9.93. The lowest BCUT2D eigenvalue weighted by molar-refractivity contribution is 0.283. The smallest absolute Gasteiger partial charge is 0.0116 e. The molecule has 0 aromatic heterocycles. The first kappa shape index (κ1) is 31.9. The minimum Gasteiger partial charge on any atom is -0.785 e. The summed E-state index contributed by atoms with van der Waals surface area (Å²) in [6.07, 6.45) is 33.5. The first-order chi connectivity index (χ1) is 15.7. The number of hydrogen-bond donors (Lipinski definition) is 0. The summed E-state index contributed by atoms with van der Waals surface area (Å²) in [5, 5.41) is 13.2. The monoisotopic (exact) mass is 452 g/mol. The molecule has 194 valence electrons. The molecule has 0 aliphatic heterocycles. The molecule has 0 aromatic carbocycles. The van der Waals surface area contributed by atoms with Crippen molar-refractivity contribution < 1.29 is 0 Å². The molecule has 1 atom stereocenters. The molecule has 0 aliphatic rings. The van der Waals surface area contributed by atoms with E-state index in [4.69, 9.17) is 0 Å². The first-order valence-corrected chi connectivity index (χ1v) is 15.2. The van der Waals surface area contributed by atoms with Crippen molar-refractivity contribution in [1.29, 1.82) is 0 Å². The van der Waals surface area contributed by atoms with Gasteiger partial charge in [-0.3, -0.25) is 0 Å². The van der Waals surface area contributed by atoms with Crippen LogP contribution in [0.5, 0.6) is 0 Å². The third-order valence-corrected chi connectivity index (χ3v) is 7.25. The van der Waals surface area contributed by atoms with Crippen LogP contribution < -0.4 is 0 Å². The molecular formula is C30H62NO-. The summed E-state index contributed by atoms with van der Waals surface area (Å²) in [6.45, 7) is 7.99. The van der Waals surface area contributed by atoms with Gasteiger partial charge in [0.15, 0.2) is 0 Å². The van der Waals surface area contributed by atoms with Gasteiger partial charge in [-0.2, -0.15) is 0 Å². The average Bonchev–Trinajstić information content (AvgIpc) is 2.80. The van der Waals surface area contributed by atoms with Gasteiger partial charge in [0.05, 0.1) is 0 Å². The Labute approximate surface area is 204 Å². The predicted octanol–water partition coefficient (Wildman–Crippen LogP) is 10.8. The second-order valence-corrected chi connectivity index (χ2v) is 10.5. The molecule has 0 rings (SSSR count). The molecule has 0 saturated heterocycles. The number of unbranched alkanes of at least 4 members (excludes halogenated alkanes) is 20. The summed E-state index contributed by atoms with van der Waals surface area (Å²) in [7, 11) is 0. The molecule has 0 heterocycles. The van der Waals surface area contributed by atoms with Crippen LogP contribution in [-0.4, -0.2) is 18.2 Å². The van der Waals surface area contributed by atoms with Gasteiger partial charge in [0.1, 0.15) is 0 Å². The summed E-state index contributed by atoms with van der Waals surface area (Å²) in [6, 6.07) is 0. The molecule has 0 fully saturated rings. The van der Waals surface area contributed by atoms with E-state index < -0.39 is 0 Å². The van der Waals surface area contributed by atoms with E-state index in [1.807, 2.05) is 6.92 Å². The van der Waals surface area contributed by atoms with E-state index in [-0.39, 0.29) is 0 Å². The van der Waals surface area contributed by atoms with Crippen molar-refractivity contribution in [3.8, 4) is 0 Å². The Balaban J connectivity index is 3.64. The average molecular weight is 453 g/mol. The molecule has 32 heavy (non-hydrogen) atoms. The molecular weight excluding hydrogens is 390 g/mol. The fourth-order valence-electron chi connectivity index (χ4n) is 4.94. The van der Waals surface area contributed by atoms with Crippen molar-refractivity contribution in [3.05, 3.63) is 5.21 Å². The summed E-state index contributed by atoms with van der Waals surface area (Å²) in [5.41, 5.74) is 0. The molecule has 0 bridgehead atoms. The molecule has 2 nitrogen and oxygen atoms in total. The zero-order valence-electron chi connectivity index (χ0n) is 22.8. The van der Waals surface area contributed by atoms with Gasteiger partial charge >= 0.3 is 0 Å². The van der Waals surface area contributed by atoms with Crippen molar-refractivity contribution in [2.24, 2.45) is 5.92 Å². The summed E-state index contributed by atoms with van der Waals surface area (Å²) in [4.78, 5) is 0. The third kappa shape index (κ3) is 24.6. The molecule has 0 spiro atoms. The minimum absolute atomic E-state index is 0.629. The maximum Gasteiger partial charge on any atom is -0.0116 e. The topological polar surface area (TPSA) is 26.3 Å². The van der Waals surface area contributed by atoms with E-state index in [1.165, 1.54) is 159 Å². The van der Waals surface area contributed by atoms with E-state index in [0.717, 1.165) is 6.54 Å². The number of hydroxylamine groups is 2. The summed E-state index contributed by atoms with van der Waals surface area (Å²) >= 11 is 0. The molecule has 0 saturated carbocycles. The second-order valence-electron chi connectivity index (χ2n) is 10.5. The van der Waals surface area contributed by atoms with Crippen LogP contribution in [0, 0.1) is 11.1 Å². The Morgan fingerprint density at radius 3 is 1.00 bits per heavy atom. The number of rotatable bonds is 27. The van der Waals surface area contributed by atoms with E-state index in [1.54, 1.807) is 0 Å². The van der Waals surface area contributed by atoms with E-state index in [2.05, 4.69) is 13.8 Å². The predicted molar refractivity (Wildman–Crippen MR) is 146 cm³/mol. The maximum absolute atomic E-state index is 11.9. The van der Waals surface area contributed by atoms with Gasteiger partial charge in [-0.05, 0) is 31.8 Å². The molecule has 0 aliphatic carbocycles. The van der Waals surface area contributed by atoms with Gasteiger partial charge in [0, 0.05) is 0 Å². The van der Waals surface area contributed by atoms with Crippen LogP contribution in [0.2, 0.25) is 0 Å². The highest BCUT2D eigenvalue weighted by Gasteiger charge is 2.09. The van der Waals surface area contributed by atoms with Crippen molar-refractivity contribution in [1.82, 2.24) is 5.06 Å². The molecule has 2 heteroatoms. The van der Waals surface area contributed by atoms with Gasteiger partial charge in [0.25, 0.3) is 0 Å². The van der Waals surface area contributed by atoms with Crippen LogP contribution >= 0.6 is 0 Å². The van der Waals surface area contributed by atoms with Crippen molar-refractivity contribution in [2.75, 3.05) is 13.1 Å². The van der Waals surface area contributed by atoms with Gasteiger partial charge < -0.3 is 10.3 Å². The van der Waals surface area contributed by atoms with E-state index in [9.17, 15) is 5.21 Å². The van der Waals surface area contributed by atoms with Gasteiger partial charge in [0.2, 0.25) is 0 Å². The normalized spacial score (nSPS) is 12.7. The lowest BCUT2D eigenvalue weighted by Gasteiger charge is -2.31. The van der Waals surface area contributed by atoms with Crippen LogP contribution in [-0.2, 0) is 0 Å². The summed E-state index contributed by atoms with van der Waals surface area (Å²) < 4.78 is 0. The molecule has 0 amide bonds. The highest BCUT2D eigenvalue weighted by Crippen LogP contribution is 2.21. The number of hydrogen-bond acceptors (Lipinski definition) is 2. The van der Waals surface area contributed by atoms with Crippen LogP contribution in [0.25, 0.3) is 0 Å². The van der Waals surface area contributed by atoms with Gasteiger partial charge in [-0.25, -0.2) is 0 Å². The van der Waals surface area contributed by atoms with Crippen molar-refractivity contribution in [3.63, 3.8) is 0 Å². The Hall–Kier alpha value is -0.0800. The Kier molecular flexibility index (Phi) is 27.1. The Morgan fingerprint density at radius 1 is 0.438 bits per heavy atom. The fourth-order valence-corrected chi connectivity index (χ4v) is 4.94. The summed E-state index contributed by atoms with van der Waals surface area (Å²) in [5.74, 6) is 0.629. The van der Waals surface area contributed by atoms with Crippen molar-refractivity contribution in [2.45, 2.75) is 175 Å². The Morgan fingerprint density at radius 2 is 0.719 bits per heavy atom. The largest absolute Gasteiger partial charge is 0.785 e. The first-order valence-electron chi connectivity index (χ1n) is 15.2. The maximum atomic E-state index is 11.9. The standard InChI is InChI=1S/C30H62NO/c1-4-7-9-11-13-15-17-18-20-22-24-26-28-30(29-31(32)6-3)27-25-23-21-19-16-14-12-10-8-5-2/h30H,4-29H2,1-3H3/q-1. The van der Waals surface area contributed by atoms with Crippen molar-refractivity contribution >= 4 is 0 Å². The van der Waals surface area contributed by atoms with Crippen LogP contribution in [0.3, 0.4) is 0 Å². The third-order valence-electron chi connectivity index (χ3n) is 7.25. The Bertz CT molecular complexity index is 333. The highest BCUT2D eigenvalue weighted by atomic mass is 16.5. The molecule has 0 radical (unpaired) electrons. The lowest BCUT2D eigenvalue weighted by Crippen LogP contribution is -2.24. The van der Waals surface area contributed by atoms with Crippen LogP contribution in [0.1, 0.15) is 175 Å². The quantitative estimate of drug-likeness (QED) is 0.0914.